The van der Waals surface area contributed by atoms with Crippen molar-refractivity contribution in [3.8, 4) is 0 Å². The fourth-order valence-electron chi connectivity index (χ4n) is 0.918. The van der Waals surface area contributed by atoms with Crippen molar-refractivity contribution in [1.82, 2.24) is 0 Å². The lowest BCUT2D eigenvalue weighted by molar-refractivity contribution is 1.14. The third kappa shape index (κ3) is 1.97. The molecular formula is C9H11I. The second-order valence-corrected chi connectivity index (χ2v) is 4.40. The van der Waals surface area contributed by atoms with E-state index in [1.165, 1.54) is 11.1 Å². The first-order chi connectivity index (χ1) is 4.70. The monoisotopic (exact) mass is 246 g/mol. The van der Waals surface area contributed by atoms with Crippen molar-refractivity contribution in [2.75, 3.05) is 0 Å². The maximum absolute atomic E-state index is 2.42. The van der Waals surface area contributed by atoms with Crippen LogP contribution in [0.5, 0.6) is 0 Å². The van der Waals surface area contributed by atoms with Crippen molar-refractivity contribution >= 4 is 22.6 Å². The predicted octanol–water partition coefficient (Wildman–Crippen LogP) is 3.49. The average molecular weight is 246 g/mol. The molecule has 10 heavy (non-hydrogen) atoms. The van der Waals surface area contributed by atoms with Crippen LogP contribution in [-0.4, -0.2) is 0 Å². The van der Waals surface area contributed by atoms with E-state index < -0.39 is 0 Å². The SMILES string of the molecule is Cc1cccc(C(C)I)c1. The first kappa shape index (κ1) is 8.05. The molecule has 0 aliphatic carbocycles. The average Bonchev–Trinajstić information content (AvgIpc) is 1.88. The van der Waals surface area contributed by atoms with Gasteiger partial charge in [0.1, 0.15) is 0 Å². The summed E-state index contributed by atoms with van der Waals surface area (Å²) in [5.41, 5.74) is 2.77. The van der Waals surface area contributed by atoms with Gasteiger partial charge in [-0.2, -0.15) is 0 Å². The molecule has 0 amide bonds. The molecule has 1 aromatic rings. The summed E-state index contributed by atoms with van der Waals surface area (Å²) < 4.78 is 0.623. The van der Waals surface area contributed by atoms with Gasteiger partial charge in [0.2, 0.25) is 0 Å². The molecule has 0 fully saturated rings. The molecule has 54 valence electrons. The highest BCUT2D eigenvalue weighted by Gasteiger charge is 1.97. The van der Waals surface area contributed by atoms with Crippen molar-refractivity contribution in [2.24, 2.45) is 0 Å². The molecule has 0 spiro atoms. The van der Waals surface area contributed by atoms with Gasteiger partial charge in [0.25, 0.3) is 0 Å². The van der Waals surface area contributed by atoms with E-state index in [1.54, 1.807) is 0 Å². The molecule has 1 heteroatoms. The topological polar surface area (TPSA) is 0 Å². The summed E-state index contributed by atoms with van der Waals surface area (Å²) in [6.07, 6.45) is 0. The van der Waals surface area contributed by atoms with E-state index in [0.717, 1.165) is 0 Å². The Bertz CT molecular complexity index is 216. The molecule has 1 atom stereocenters. The second kappa shape index (κ2) is 3.37. The Balaban J connectivity index is 2.96. The second-order valence-electron chi connectivity index (χ2n) is 2.53. The summed E-state index contributed by atoms with van der Waals surface area (Å²) in [5.74, 6) is 0. The number of hydrogen-bond acceptors (Lipinski definition) is 0. The summed E-state index contributed by atoms with van der Waals surface area (Å²) in [5, 5.41) is 0. The third-order valence-corrected chi connectivity index (χ3v) is 2.22. The maximum atomic E-state index is 2.42. The summed E-state index contributed by atoms with van der Waals surface area (Å²) in [7, 11) is 0. The van der Waals surface area contributed by atoms with Crippen LogP contribution in [0.1, 0.15) is 22.0 Å². The summed E-state index contributed by atoms with van der Waals surface area (Å²) in [6.45, 7) is 4.33. The molecule has 0 radical (unpaired) electrons. The smallest absolute Gasteiger partial charge is 0.0331 e. The van der Waals surface area contributed by atoms with E-state index in [4.69, 9.17) is 0 Å². The van der Waals surface area contributed by atoms with Crippen LogP contribution in [0.15, 0.2) is 24.3 Å². The maximum Gasteiger partial charge on any atom is 0.0331 e. The zero-order valence-electron chi connectivity index (χ0n) is 6.26. The number of halogens is 1. The molecular weight excluding hydrogens is 235 g/mol. The molecule has 0 aromatic heterocycles. The van der Waals surface area contributed by atoms with Gasteiger partial charge in [-0.3, -0.25) is 0 Å². The lowest BCUT2D eigenvalue weighted by Crippen LogP contribution is -1.82. The first-order valence-corrected chi connectivity index (χ1v) is 4.65. The van der Waals surface area contributed by atoms with Crippen molar-refractivity contribution in [3.05, 3.63) is 35.4 Å². The lowest BCUT2D eigenvalue weighted by Gasteiger charge is -2.02. The fourth-order valence-corrected chi connectivity index (χ4v) is 1.30. The van der Waals surface area contributed by atoms with E-state index in [1.807, 2.05) is 0 Å². The molecule has 1 aromatic carbocycles. The van der Waals surface area contributed by atoms with Crippen LogP contribution >= 0.6 is 22.6 Å². The Morgan fingerprint density at radius 2 is 2.10 bits per heavy atom. The Morgan fingerprint density at radius 3 is 2.50 bits per heavy atom. The minimum absolute atomic E-state index is 0.623. The van der Waals surface area contributed by atoms with Crippen molar-refractivity contribution in [2.45, 2.75) is 17.8 Å². The number of hydrogen-bond donors (Lipinski definition) is 0. The summed E-state index contributed by atoms with van der Waals surface area (Å²) in [4.78, 5) is 0. The third-order valence-electron chi connectivity index (χ3n) is 1.50. The first-order valence-electron chi connectivity index (χ1n) is 3.41. The van der Waals surface area contributed by atoms with Gasteiger partial charge in [-0.25, -0.2) is 0 Å². The van der Waals surface area contributed by atoms with E-state index in [-0.39, 0.29) is 0 Å². The van der Waals surface area contributed by atoms with Gasteiger partial charge in [0.15, 0.2) is 0 Å². The van der Waals surface area contributed by atoms with Crippen molar-refractivity contribution < 1.29 is 0 Å². The molecule has 0 heterocycles. The largest absolute Gasteiger partial charge is 0.0777 e. The van der Waals surface area contributed by atoms with Crippen LogP contribution in [0.3, 0.4) is 0 Å². The number of aryl methyl sites for hydroxylation is 1. The van der Waals surface area contributed by atoms with E-state index >= 15 is 0 Å². The Hall–Kier alpha value is -0.0500. The van der Waals surface area contributed by atoms with Crippen LogP contribution < -0.4 is 0 Å². The van der Waals surface area contributed by atoms with Gasteiger partial charge in [-0.15, -0.1) is 0 Å². The minimum atomic E-state index is 0.623. The van der Waals surface area contributed by atoms with Crippen LogP contribution in [-0.2, 0) is 0 Å². The van der Waals surface area contributed by atoms with Crippen LogP contribution in [0.4, 0.5) is 0 Å². The zero-order chi connectivity index (χ0) is 7.56. The van der Waals surface area contributed by atoms with Crippen LogP contribution in [0, 0.1) is 6.92 Å². The Morgan fingerprint density at radius 1 is 1.40 bits per heavy atom. The Labute approximate surface area is 75.8 Å². The standard InChI is InChI=1S/C9H11I/c1-7-4-3-5-9(6-7)8(2)10/h3-6,8H,1-2H3. The highest BCUT2D eigenvalue weighted by atomic mass is 127. The van der Waals surface area contributed by atoms with Gasteiger partial charge in [0.05, 0.1) is 0 Å². The summed E-state index contributed by atoms with van der Waals surface area (Å²) >= 11 is 2.42. The normalized spacial score (nSPS) is 13.1. The molecule has 0 aliphatic heterocycles. The van der Waals surface area contributed by atoms with Gasteiger partial charge < -0.3 is 0 Å². The quantitative estimate of drug-likeness (QED) is 0.525. The number of rotatable bonds is 1. The fraction of sp³-hybridized carbons (Fsp3) is 0.333. The molecule has 0 saturated carbocycles. The molecule has 0 saturated heterocycles. The van der Waals surface area contributed by atoms with E-state index in [0.29, 0.717) is 3.92 Å². The molecule has 0 N–H and O–H groups in total. The van der Waals surface area contributed by atoms with Gasteiger partial charge in [-0.1, -0.05) is 52.4 Å². The van der Waals surface area contributed by atoms with Gasteiger partial charge in [-0.05, 0) is 19.4 Å². The van der Waals surface area contributed by atoms with Gasteiger partial charge in [0, 0.05) is 3.92 Å². The predicted molar refractivity (Wildman–Crippen MR) is 53.6 cm³/mol. The van der Waals surface area contributed by atoms with E-state index in [9.17, 15) is 0 Å². The molecule has 1 unspecified atom stereocenters. The highest BCUT2D eigenvalue weighted by Crippen LogP contribution is 2.22. The molecule has 0 aliphatic rings. The van der Waals surface area contributed by atoms with Crippen molar-refractivity contribution in [1.29, 1.82) is 0 Å². The Kier molecular flexibility index (Phi) is 2.72. The summed E-state index contributed by atoms with van der Waals surface area (Å²) in [6, 6.07) is 8.64. The molecule has 1 rings (SSSR count). The van der Waals surface area contributed by atoms with Crippen LogP contribution in [0.2, 0.25) is 0 Å². The number of alkyl halides is 1. The van der Waals surface area contributed by atoms with Gasteiger partial charge >= 0.3 is 0 Å². The minimum Gasteiger partial charge on any atom is -0.0777 e. The number of benzene rings is 1. The van der Waals surface area contributed by atoms with E-state index in [2.05, 4.69) is 60.7 Å². The highest BCUT2D eigenvalue weighted by molar-refractivity contribution is 14.1. The molecule has 0 nitrogen and oxygen atoms in total. The van der Waals surface area contributed by atoms with Crippen molar-refractivity contribution in [3.63, 3.8) is 0 Å². The lowest BCUT2D eigenvalue weighted by atomic mass is 10.1. The molecule has 0 bridgehead atoms. The van der Waals surface area contributed by atoms with Crippen LogP contribution in [0.25, 0.3) is 0 Å². The zero-order valence-corrected chi connectivity index (χ0v) is 8.42.